The number of benzene rings is 1. The lowest BCUT2D eigenvalue weighted by molar-refractivity contribution is -0.140. The van der Waals surface area contributed by atoms with E-state index in [1.807, 2.05) is 38.1 Å². The maximum atomic E-state index is 10.9. The third-order valence-corrected chi connectivity index (χ3v) is 2.59. The highest BCUT2D eigenvalue weighted by Gasteiger charge is 2.00. The van der Waals surface area contributed by atoms with E-state index in [1.54, 1.807) is 0 Å². The Kier molecular flexibility index (Phi) is 6.97. The van der Waals surface area contributed by atoms with Gasteiger partial charge in [-0.1, -0.05) is 12.1 Å². The summed E-state index contributed by atoms with van der Waals surface area (Å²) in [6.45, 7) is 5.62. The molecular formula is C15H23NO3. The van der Waals surface area contributed by atoms with Crippen molar-refractivity contribution < 1.29 is 14.3 Å². The van der Waals surface area contributed by atoms with Crippen molar-refractivity contribution in [2.24, 2.45) is 0 Å². The number of hydrogen-bond acceptors (Lipinski definition) is 4. The van der Waals surface area contributed by atoms with E-state index in [0.29, 0.717) is 6.42 Å². The smallest absolute Gasteiger partial charge is 0.305 e. The predicted molar refractivity (Wildman–Crippen MR) is 75.2 cm³/mol. The first kappa shape index (κ1) is 15.5. The maximum Gasteiger partial charge on any atom is 0.305 e. The second kappa shape index (κ2) is 8.53. The fourth-order valence-corrected chi connectivity index (χ4v) is 1.65. The van der Waals surface area contributed by atoms with Gasteiger partial charge in [-0.3, -0.25) is 4.79 Å². The zero-order valence-corrected chi connectivity index (χ0v) is 11.9. The number of ether oxygens (including phenoxy) is 2. The quantitative estimate of drug-likeness (QED) is 0.579. The molecule has 4 nitrogen and oxygen atoms in total. The summed E-state index contributed by atoms with van der Waals surface area (Å²) < 4.78 is 10.2. The minimum absolute atomic E-state index is 0.156. The van der Waals surface area contributed by atoms with Crippen LogP contribution in [0.3, 0.4) is 0 Å². The molecule has 0 aliphatic heterocycles. The molecule has 0 unspecified atom stereocenters. The summed E-state index contributed by atoms with van der Waals surface area (Å²) in [6, 6.07) is 8.05. The van der Waals surface area contributed by atoms with E-state index in [1.165, 1.54) is 12.7 Å². The highest BCUT2D eigenvalue weighted by Crippen LogP contribution is 2.13. The van der Waals surface area contributed by atoms with E-state index < -0.39 is 0 Å². The molecule has 0 spiro atoms. The van der Waals surface area contributed by atoms with Crippen LogP contribution in [0.1, 0.15) is 32.3 Å². The first-order chi connectivity index (χ1) is 9.11. The molecule has 106 valence electrons. The molecule has 0 atom stereocenters. The van der Waals surface area contributed by atoms with Crippen molar-refractivity contribution in [1.29, 1.82) is 0 Å². The fraction of sp³-hybridized carbons (Fsp3) is 0.533. The van der Waals surface area contributed by atoms with Crippen molar-refractivity contribution in [3.63, 3.8) is 0 Å². The topological polar surface area (TPSA) is 47.6 Å². The van der Waals surface area contributed by atoms with Gasteiger partial charge in [0, 0.05) is 13.0 Å². The van der Waals surface area contributed by atoms with Gasteiger partial charge in [0.1, 0.15) is 5.75 Å². The minimum Gasteiger partial charge on any atom is -0.491 e. The van der Waals surface area contributed by atoms with Gasteiger partial charge in [0.25, 0.3) is 0 Å². The molecule has 1 N–H and O–H groups in total. The predicted octanol–water partition coefficient (Wildman–Crippen LogP) is 2.52. The van der Waals surface area contributed by atoms with Crippen LogP contribution in [0.5, 0.6) is 5.75 Å². The van der Waals surface area contributed by atoms with Gasteiger partial charge in [0.05, 0.1) is 13.2 Å². The molecule has 1 aromatic rings. The van der Waals surface area contributed by atoms with Crippen molar-refractivity contribution in [2.75, 3.05) is 13.7 Å². The van der Waals surface area contributed by atoms with Gasteiger partial charge < -0.3 is 14.8 Å². The Labute approximate surface area is 115 Å². The van der Waals surface area contributed by atoms with Gasteiger partial charge in [0.2, 0.25) is 0 Å². The van der Waals surface area contributed by atoms with Gasteiger partial charge in [-0.2, -0.15) is 0 Å². The van der Waals surface area contributed by atoms with Crippen LogP contribution in [0.2, 0.25) is 0 Å². The maximum absolute atomic E-state index is 10.9. The number of esters is 1. The van der Waals surface area contributed by atoms with E-state index in [2.05, 4.69) is 10.1 Å². The van der Waals surface area contributed by atoms with Crippen LogP contribution in [-0.4, -0.2) is 25.7 Å². The molecule has 0 heterocycles. The largest absolute Gasteiger partial charge is 0.491 e. The van der Waals surface area contributed by atoms with Crippen LogP contribution < -0.4 is 10.1 Å². The van der Waals surface area contributed by atoms with E-state index >= 15 is 0 Å². The Morgan fingerprint density at radius 3 is 2.53 bits per heavy atom. The molecule has 0 radical (unpaired) electrons. The lowest BCUT2D eigenvalue weighted by atomic mass is 10.2. The Morgan fingerprint density at radius 1 is 1.26 bits per heavy atom. The van der Waals surface area contributed by atoms with Crippen molar-refractivity contribution in [3.05, 3.63) is 29.8 Å². The molecule has 0 amide bonds. The number of carbonyl (C=O) groups excluding carboxylic acids is 1. The summed E-state index contributed by atoms with van der Waals surface area (Å²) in [7, 11) is 1.41. The van der Waals surface area contributed by atoms with Crippen LogP contribution >= 0.6 is 0 Å². The molecule has 19 heavy (non-hydrogen) atoms. The first-order valence-corrected chi connectivity index (χ1v) is 6.65. The van der Waals surface area contributed by atoms with Gasteiger partial charge in [-0.15, -0.1) is 0 Å². The third-order valence-electron chi connectivity index (χ3n) is 2.59. The summed E-state index contributed by atoms with van der Waals surface area (Å²) in [5.74, 6) is 0.737. The monoisotopic (exact) mass is 265 g/mol. The summed E-state index contributed by atoms with van der Waals surface area (Å²) in [5.41, 5.74) is 1.20. The normalized spacial score (nSPS) is 10.5. The summed E-state index contributed by atoms with van der Waals surface area (Å²) in [5, 5.41) is 3.29. The van der Waals surface area contributed by atoms with Crippen LogP contribution in [0, 0.1) is 0 Å². The van der Waals surface area contributed by atoms with Crippen LogP contribution in [0.4, 0.5) is 0 Å². The van der Waals surface area contributed by atoms with E-state index in [-0.39, 0.29) is 12.1 Å². The van der Waals surface area contributed by atoms with Crippen molar-refractivity contribution >= 4 is 5.97 Å². The molecule has 0 fully saturated rings. The Morgan fingerprint density at radius 2 is 1.95 bits per heavy atom. The van der Waals surface area contributed by atoms with Gasteiger partial charge in [-0.25, -0.2) is 0 Å². The SMILES string of the molecule is COC(=O)CCCNCc1ccc(OC(C)C)cc1. The molecule has 4 heteroatoms. The molecule has 0 saturated heterocycles. The Bertz CT molecular complexity index is 373. The van der Waals surface area contributed by atoms with Crippen LogP contribution in [0.15, 0.2) is 24.3 Å². The van der Waals surface area contributed by atoms with Gasteiger partial charge in [0.15, 0.2) is 0 Å². The first-order valence-electron chi connectivity index (χ1n) is 6.65. The van der Waals surface area contributed by atoms with E-state index in [0.717, 1.165) is 25.3 Å². The number of methoxy groups -OCH3 is 1. The Balaban J connectivity index is 2.21. The molecule has 0 saturated carbocycles. The van der Waals surface area contributed by atoms with E-state index in [4.69, 9.17) is 4.74 Å². The van der Waals surface area contributed by atoms with E-state index in [9.17, 15) is 4.79 Å². The zero-order chi connectivity index (χ0) is 14.1. The molecular weight excluding hydrogens is 242 g/mol. The molecule has 0 aliphatic carbocycles. The molecule has 1 aromatic carbocycles. The average Bonchev–Trinajstić information content (AvgIpc) is 2.39. The standard InChI is InChI=1S/C15H23NO3/c1-12(2)19-14-8-6-13(7-9-14)11-16-10-4-5-15(17)18-3/h6-9,12,16H,4-5,10-11H2,1-3H3. The fourth-order valence-electron chi connectivity index (χ4n) is 1.65. The summed E-state index contributed by atoms with van der Waals surface area (Å²) >= 11 is 0. The highest BCUT2D eigenvalue weighted by atomic mass is 16.5. The Hall–Kier alpha value is -1.55. The van der Waals surface area contributed by atoms with Crippen LogP contribution in [0.25, 0.3) is 0 Å². The lowest BCUT2D eigenvalue weighted by Gasteiger charge is -2.10. The van der Waals surface area contributed by atoms with Gasteiger partial charge in [-0.05, 0) is 44.5 Å². The van der Waals surface area contributed by atoms with Crippen molar-refractivity contribution in [2.45, 2.75) is 39.3 Å². The number of carbonyl (C=O) groups is 1. The van der Waals surface area contributed by atoms with Crippen molar-refractivity contribution in [1.82, 2.24) is 5.32 Å². The van der Waals surface area contributed by atoms with Crippen molar-refractivity contribution in [3.8, 4) is 5.75 Å². The average molecular weight is 265 g/mol. The molecule has 0 aliphatic rings. The lowest BCUT2D eigenvalue weighted by Crippen LogP contribution is -2.16. The number of rotatable bonds is 8. The molecule has 0 bridgehead atoms. The van der Waals surface area contributed by atoms with Gasteiger partial charge >= 0.3 is 5.97 Å². The molecule has 0 aromatic heterocycles. The zero-order valence-electron chi connectivity index (χ0n) is 11.9. The summed E-state index contributed by atoms with van der Waals surface area (Å²) in [4.78, 5) is 10.9. The second-order valence-electron chi connectivity index (χ2n) is 4.67. The minimum atomic E-state index is -0.156. The second-order valence-corrected chi connectivity index (χ2v) is 4.67. The highest BCUT2D eigenvalue weighted by molar-refractivity contribution is 5.69. The number of nitrogens with one attached hydrogen (secondary N) is 1. The third kappa shape index (κ3) is 6.82. The van der Waals surface area contributed by atoms with Crippen LogP contribution in [-0.2, 0) is 16.1 Å². The number of hydrogen-bond donors (Lipinski definition) is 1. The summed E-state index contributed by atoms with van der Waals surface area (Å²) in [6.07, 6.45) is 1.45. The molecule has 1 rings (SSSR count).